The van der Waals surface area contributed by atoms with Crippen LogP contribution < -0.4 is 0 Å². The molecule has 0 saturated carbocycles. The van der Waals surface area contributed by atoms with Crippen molar-refractivity contribution in [2.75, 3.05) is 13.1 Å². The molecule has 0 unspecified atom stereocenters. The second-order valence-electron chi connectivity index (χ2n) is 4.90. The third-order valence-corrected chi connectivity index (χ3v) is 3.50. The average Bonchev–Trinajstić information content (AvgIpc) is 2.85. The van der Waals surface area contributed by atoms with Gasteiger partial charge in [-0.3, -0.25) is 5.01 Å². The van der Waals surface area contributed by atoms with E-state index in [2.05, 4.69) is 15.3 Å². The molecule has 1 aliphatic heterocycles. The van der Waals surface area contributed by atoms with Gasteiger partial charge in [-0.15, -0.1) is 5.11 Å². The Morgan fingerprint density at radius 1 is 1.20 bits per heavy atom. The SMILES string of the molecule is O=C(O)c1[nH]c2ccccc2c1N=NN1CCCCC1. The van der Waals surface area contributed by atoms with Crippen LogP contribution in [0.5, 0.6) is 0 Å². The molecule has 0 spiro atoms. The van der Waals surface area contributed by atoms with Gasteiger partial charge in [0.15, 0.2) is 5.69 Å². The first-order valence-corrected chi connectivity index (χ1v) is 6.76. The number of piperidine rings is 1. The van der Waals surface area contributed by atoms with E-state index < -0.39 is 5.97 Å². The lowest BCUT2D eigenvalue weighted by Crippen LogP contribution is -2.23. The summed E-state index contributed by atoms with van der Waals surface area (Å²) in [4.78, 5) is 14.2. The van der Waals surface area contributed by atoms with Crippen molar-refractivity contribution in [1.82, 2.24) is 9.99 Å². The van der Waals surface area contributed by atoms with E-state index in [4.69, 9.17) is 0 Å². The van der Waals surface area contributed by atoms with E-state index in [-0.39, 0.29) is 5.69 Å². The summed E-state index contributed by atoms with van der Waals surface area (Å²) < 4.78 is 0. The maximum atomic E-state index is 11.3. The van der Waals surface area contributed by atoms with Gasteiger partial charge in [0.05, 0.1) is 0 Å². The molecule has 6 heteroatoms. The molecular weight excluding hydrogens is 256 g/mol. The van der Waals surface area contributed by atoms with Crippen LogP contribution in [-0.4, -0.2) is 34.2 Å². The highest BCUT2D eigenvalue weighted by Gasteiger charge is 2.17. The van der Waals surface area contributed by atoms with Crippen molar-refractivity contribution in [3.8, 4) is 0 Å². The van der Waals surface area contributed by atoms with Crippen molar-refractivity contribution in [2.24, 2.45) is 10.3 Å². The number of carbonyl (C=O) groups is 1. The van der Waals surface area contributed by atoms with Gasteiger partial charge < -0.3 is 10.1 Å². The number of hydrogen-bond donors (Lipinski definition) is 2. The summed E-state index contributed by atoms with van der Waals surface area (Å²) >= 11 is 0. The fraction of sp³-hybridized carbons (Fsp3) is 0.357. The Morgan fingerprint density at radius 3 is 2.70 bits per heavy atom. The number of fused-ring (bicyclic) bond motifs is 1. The van der Waals surface area contributed by atoms with Crippen LogP contribution in [0, 0.1) is 0 Å². The highest BCUT2D eigenvalue weighted by Crippen LogP contribution is 2.31. The maximum Gasteiger partial charge on any atom is 0.354 e. The van der Waals surface area contributed by atoms with Gasteiger partial charge in [-0.1, -0.05) is 23.4 Å². The predicted octanol–water partition coefficient (Wildman–Crippen LogP) is 3.35. The van der Waals surface area contributed by atoms with Gasteiger partial charge in [0.25, 0.3) is 0 Å². The number of para-hydroxylation sites is 1. The largest absolute Gasteiger partial charge is 0.477 e. The third kappa shape index (κ3) is 2.36. The predicted molar refractivity (Wildman–Crippen MR) is 75.2 cm³/mol. The monoisotopic (exact) mass is 272 g/mol. The lowest BCUT2D eigenvalue weighted by molar-refractivity contribution is 0.0692. The smallest absolute Gasteiger partial charge is 0.354 e. The molecule has 1 saturated heterocycles. The van der Waals surface area contributed by atoms with Gasteiger partial charge >= 0.3 is 5.97 Å². The quantitative estimate of drug-likeness (QED) is 0.841. The van der Waals surface area contributed by atoms with Crippen LogP contribution in [0.3, 0.4) is 0 Å². The zero-order valence-corrected chi connectivity index (χ0v) is 11.0. The molecule has 104 valence electrons. The van der Waals surface area contributed by atoms with Crippen molar-refractivity contribution in [1.29, 1.82) is 0 Å². The molecule has 6 nitrogen and oxygen atoms in total. The second-order valence-corrected chi connectivity index (χ2v) is 4.90. The number of aromatic nitrogens is 1. The normalized spacial score (nSPS) is 16.1. The number of benzene rings is 1. The van der Waals surface area contributed by atoms with E-state index in [9.17, 15) is 9.90 Å². The fourth-order valence-electron chi connectivity index (χ4n) is 2.46. The summed E-state index contributed by atoms with van der Waals surface area (Å²) in [6.07, 6.45) is 3.44. The van der Waals surface area contributed by atoms with Crippen LogP contribution in [-0.2, 0) is 0 Å². The van der Waals surface area contributed by atoms with Crippen molar-refractivity contribution in [2.45, 2.75) is 19.3 Å². The standard InChI is InChI=1S/C14H16N4O2/c19-14(20)13-12(10-6-2-3-7-11(10)15-13)16-17-18-8-4-1-5-9-18/h2-3,6-7,15H,1,4-5,8-9H2,(H,19,20). The Bertz CT molecular complexity index is 656. The van der Waals surface area contributed by atoms with Crippen molar-refractivity contribution in [3.63, 3.8) is 0 Å². The molecule has 1 aliphatic rings. The summed E-state index contributed by atoms with van der Waals surface area (Å²) in [5, 5.41) is 20.3. The molecule has 1 fully saturated rings. The number of carboxylic acids is 1. The summed E-state index contributed by atoms with van der Waals surface area (Å²) in [5.41, 5.74) is 1.25. The van der Waals surface area contributed by atoms with Crippen LogP contribution >= 0.6 is 0 Å². The van der Waals surface area contributed by atoms with Gasteiger partial charge in [0, 0.05) is 24.0 Å². The highest BCUT2D eigenvalue weighted by atomic mass is 16.4. The Labute approximate surface area is 116 Å². The van der Waals surface area contributed by atoms with Crippen molar-refractivity contribution in [3.05, 3.63) is 30.0 Å². The van der Waals surface area contributed by atoms with Crippen LogP contribution in [0.25, 0.3) is 10.9 Å². The van der Waals surface area contributed by atoms with Gasteiger partial charge in [0.1, 0.15) is 5.69 Å². The van der Waals surface area contributed by atoms with Crippen LogP contribution in [0.2, 0.25) is 0 Å². The molecule has 0 radical (unpaired) electrons. The van der Waals surface area contributed by atoms with Gasteiger partial charge in [-0.25, -0.2) is 4.79 Å². The molecule has 2 N–H and O–H groups in total. The average molecular weight is 272 g/mol. The first kappa shape index (κ1) is 12.7. The first-order valence-electron chi connectivity index (χ1n) is 6.76. The minimum atomic E-state index is -1.02. The number of H-pyrrole nitrogens is 1. The number of aromatic carboxylic acids is 1. The number of hydrogen-bond acceptors (Lipinski definition) is 3. The number of aromatic amines is 1. The van der Waals surface area contributed by atoms with Crippen molar-refractivity contribution >= 4 is 22.6 Å². The molecule has 2 aromatic rings. The molecule has 0 bridgehead atoms. The van der Waals surface area contributed by atoms with E-state index in [1.807, 2.05) is 29.3 Å². The van der Waals surface area contributed by atoms with E-state index in [0.29, 0.717) is 5.69 Å². The Hall–Kier alpha value is -2.37. The maximum absolute atomic E-state index is 11.3. The molecule has 2 heterocycles. The summed E-state index contributed by atoms with van der Waals surface area (Å²) in [5.74, 6) is -1.02. The number of carboxylic acid groups (broad SMARTS) is 1. The Kier molecular flexibility index (Phi) is 3.37. The summed E-state index contributed by atoms with van der Waals surface area (Å²) in [6.45, 7) is 1.77. The second kappa shape index (κ2) is 5.32. The minimum Gasteiger partial charge on any atom is -0.477 e. The zero-order chi connectivity index (χ0) is 13.9. The zero-order valence-electron chi connectivity index (χ0n) is 11.0. The summed E-state index contributed by atoms with van der Waals surface area (Å²) in [7, 11) is 0. The van der Waals surface area contributed by atoms with Gasteiger partial charge in [-0.2, -0.15) is 0 Å². The molecule has 0 aliphatic carbocycles. The lowest BCUT2D eigenvalue weighted by atomic mass is 10.2. The van der Waals surface area contributed by atoms with Gasteiger partial charge in [-0.05, 0) is 25.3 Å². The minimum absolute atomic E-state index is 0.0898. The molecule has 1 aromatic heterocycles. The van der Waals surface area contributed by atoms with E-state index in [1.54, 1.807) is 0 Å². The Balaban J connectivity index is 1.98. The van der Waals surface area contributed by atoms with E-state index in [0.717, 1.165) is 36.8 Å². The molecule has 20 heavy (non-hydrogen) atoms. The Morgan fingerprint density at radius 2 is 1.95 bits per heavy atom. The topological polar surface area (TPSA) is 81.0 Å². The molecule has 0 atom stereocenters. The van der Waals surface area contributed by atoms with Crippen LogP contribution in [0.4, 0.5) is 5.69 Å². The van der Waals surface area contributed by atoms with E-state index >= 15 is 0 Å². The lowest BCUT2D eigenvalue weighted by Gasteiger charge is -2.21. The number of nitrogens with one attached hydrogen (secondary N) is 1. The van der Waals surface area contributed by atoms with Crippen LogP contribution in [0.15, 0.2) is 34.6 Å². The molecular formula is C14H16N4O2. The number of rotatable bonds is 3. The molecule has 3 rings (SSSR count). The van der Waals surface area contributed by atoms with Gasteiger partial charge in [0.2, 0.25) is 0 Å². The number of nitrogens with zero attached hydrogens (tertiary/aromatic N) is 3. The summed E-state index contributed by atoms with van der Waals surface area (Å²) in [6, 6.07) is 7.41. The first-order chi connectivity index (χ1) is 9.75. The van der Waals surface area contributed by atoms with Crippen LogP contribution in [0.1, 0.15) is 29.8 Å². The molecule has 1 aromatic carbocycles. The third-order valence-electron chi connectivity index (χ3n) is 3.50. The van der Waals surface area contributed by atoms with Crippen molar-refractivity contribution < 1.29 is 9.90 Å². The highest BCUT2D eigenvalue weighted by molar-refractivity contribution is 6.04. The molecule has 0 amide bonds. The van der Waals surface area contributed by atoms with E-state index in [1.165, 1.54) is 6.42 Å². The fourth-order valence-corrected chi connectivity index (χ4v) is 2.46.